The van der Waals surface area contributed by atoms with E-state index in [2.05, 4.69) is 20.0 Å². The van der Waals surface area contributed by atoms with Crippen LogP contribution < -0.4 is 10.6 Å². The minimum absolute atomic E-state index is 0.127. The minimum atomic E-state index is -0.596. The number of nitrogen functional groups attached to an aromatic ring is 1. The lowest BCUT2D eigenvalue weighted by atomic mass is 10.2. The van der Waals surface area contributed by atoms with Crippen molar-refractivity contribution in [2.75, 3.05) is 50.5 Å². The predicted molar refractivity (Wildman–Crippen MR) is 145 cm³/mol. The molecule has 0 unspecified atom stereocenters. The molecule has 1 aliphatic heterocycles. The van der Waals surface area contributed by atoms with E-state index in [1.807, 2.05) is 22.5 Å². The van der Waals surface area contributed by atoms with E-state index in [9.17, 15) is 13.6 Å². The molecule has 0 amide bonds. The number of methoxy groups -OCH3 is 1. The van der Waals surface area contributed by atoms with Gasteiger partial charge in [0.2, 0.25) is 11.8 Å². The van der Waals surface area contributed by atoms with E-state index in [-0.39, 0.29) is 5.95 Å². The average molecular weight is 548 g/mol. The number of fused-ring (bicyclic) bond motifs is 3. The quantitative estimate of drug-likeness (QED) is 0.320. The van der Waals surface area contributed by atoms with E-state index in [1.165, 1.54) is 23.8 Å². The summed E-state index contributed by atoms with van der Waals surface area (Å²) < 4.78 is 36.0. The molecule has 5 heterocycles. The third-order valence-electron chi connectivity index (χ3n) is 7.28. The number of anilines is 2. The maximum absolute atomic E-state index is 14.3. The molecule has 0 radical (unpaired) electrons. The fraction of sp³-hybridized carbons (Fsp3) is 0.296. The first kappa shape index (κ1) is 25.6. The number of rotatable bonds is 6. The molecule has 0 bridgehead atoms. The number of nitrogens with zero attached hydrogens (tertiary/aromatic N) is 8. The summed E-state index contributed by atoms with van der Waals surface area (Å²) in [5.74, 6) is -1.14. The number of hydrogen-bond donors (Lipinski definition) is 1. The Hall–Kier alpha value is -4.65. The normalized spacial score (nSPS) is 14.3. The van der Waals surface area contributed by atoms with Crippen LogP contribution in [0.3, 0.4) is 0 Å². The van der Waals surface area contributed by atoms with Gasteiger partial charge in [-0.15, -0.1) is 5.10 Å². The van der Waals surface area contributed by atoms with Gasteiger partial charge in [-0.3, -0.25) is 9.88 Å². The number of halogens is 2. The van der Waals surface area contributed by atoms with Gasteiger partial charge in [0.25, 0.3) is 0 Å². The molecular weight excluding hydrogens is 520 g/mol. The SMILES string of the molecule is COC(=O)c1c(C)c2c(nc(N)n3nc(-c4ccccn4)nc23)n1CCN1CCN(c2ccc(F)cc2F)CC1. The lowest BCUT2D eigenvalue weighted by Gasteiger charge is -2.36. The van der Waals surface area contributed by atoms with E-state index in [0.29, 0.717) is 84.4 Å². The Morgan fingerprint density at radius 1 is 1.05 bits per heavy atom. The third-order valence-corrected chi connectivity index (χ3v) is 7.28. The Morgan fingerprint density at radius 3 is 2.55 bits per heavy atom. The number of esters is 1. The summed E-state index contributed by atoms with van der Waals surface area (Å²) >= 11 is 0. The zero-order valence-electron chi connectivity index (χ0n) is 22.0. The van der Waals surface area contributed by atoms with Crippen LogP contribution in [0, 0.1) is 18.6 Å². The van der Waals surface area contributed by atoms with Gasteiger partial charge in [0, 0.05) is 51.5 Å². The molecular formula is C27H27F2N9O2. The maximum atomic E-state index is 14.3. The summed E-state index contributed by atoms with van der Waals surface area (Å²) in [5, 5.41) is 5.16. The molecule has 6 rings (SSSR count). The summed E-state index contributed by atoms with van der Waals surface area (Å²) in [4.78, 5) is 30.7. The van der Waals surface area contributed by atoms with E-state index in [4.69, 9.17) is 15.5 Å². The van der Waals surface area contributed by atoms with Crippen LogP contribution in [0.5, 0.6) is 0 Å². The number of carbonyl (C=O) groups excluding carboxylic acids is 1. The number of aryl methyl sites for hydroxylation is 1. The van der Waals surface area contributed by atoms with Crippen LogP contribution in [-0.2, 0) is 11.3 Å². The second-order valence-corrected chi connectivity index (χ2v) is 9.60. The lowest BCUT2D eigenvalue weighted by Crippen LogP contribution is -2.47. The van der Waals surface area contributed by atoms with Gasteiger partial charge in [0.05, 0.1) is 18.2 Å². The van der Waals surface area contributed by atoms with Crippen molar-refractivity contribution in [2.45, 2.75) is 13.5 Å². The fourth-order valence-corrected chi connectivity index (χ4v) is 5.28. The van der Waals surface area contributed by atoms with Crippen molar-refractivity contribution in [1.29, 1.82) is 0 Å². The van der Waals surface area contributed by atoms with E-state index in [0.717, 1.165) is 6.07 Å². The molecule has 1 aromatic carbocycles. The standard InChI is InChI=1S/C27H27F2N9O2/c1-16-21-24(33-27(30)38-25(21)32-23(34-38)19-5-3-4-8-31-19)37(22(16)26(39)40-2)14-11-35-9-12-36(13-10-35)20-7-6-17(28)15-18(20)29/h3-8,15H,9-14H2,1-2H3,(H2,30,33). The molecule has 1 fully saturated rings. The van der Waals surface area contributed by atoms with Gasteiger partial charge >= 0.3 is 5.97 Å². The van der Waals surface area contributed by atoms with Crippen LogP contribution in [0.1, 0.15) is 16.1 Å². The molecule has 206 valence electrons. The monoisotopic (exact) mass is 547 g/mol. The highest BCUT2D eigenvalue weighted by Crippen LogP contribution is 2.31. The molecule has 4 aromatic heterocycles. The first-order chi connectivity index (χ1) is 19.4. The van der Waals surface area contributed by atoms with Crippen molar-refractivity contribution in [1.82, 2.24) is 34.0 Å². The summed E-state index contributed by atoms with van der Waals surface area (Å²) in [5.41, 5.74) is 9.30. The molecule has 1 aliphatic rings. The van der Waals surface area contributed by atoms with Crippen molar-refractivity contribution in [3.05, 3.63) is 65.5 Å². The van der Waals surface area contributed by atoms with Crippen LogP contribution in [0.2, 0.25) is 0 Å². The molecule has 0 atom stereocenters. The topological polar surface area (TPSA) is 120 Å². The summed E-state index contributed by atoms with van der Waals surface area (Å²) in [6.07, 6.45) is 1.66. The number of aromatic nitrogens is 6. The van der Waals surface area contributed by atoms with Gasteiger partial charge in [0.1, 0.15) is 28.7 Å². The number of ether oxygens (including phenoxy) is 1. The van der Waals surface area contributed by atoms with Gasteiger partial charge in [-0.1, -0.05) is 6.07 Å². The highest BCUT2D eigenvalue weighted by atomic mass is 19.1. The van der Waals surface area contributed by atoms with Crippen LogP contribution in [0.15, 0.2) is 42.6 Å². The largest absolute Gasteiger partial charge is 0.464 e. The van der Waals surface area contributed by atoms with Gasteiger partial charge < -0.3 is 19.9 Å². The Morgan fingerprint density at radius 2 is 1.85 bits per heavy atom. The molecule has 40 heavy (non-hydrogen) atoms. The number of nitrogens with two attached hydrogens (primary N) is 1. The molecule has 0 aliphatic carbocycles. The zero-order chi connectivity index (χ0) is 28.0. The number of piperazine rings is 1. The van der Waals surface area contributed by atoms with Crippen LogP contribution in [-0.4, -0.2) is 79.8 Å². The predicted octanol–water partition coefficient (Wildman–Crippen LogP) is 2.92. The number of carbonyl (C=O) groups is 1. The highest BCUT2D eigenvalue weighted by molar-refractivity contribution is 6.03. The first-order valence-electron chi connectivity index (χ1n) is 12.8. The van der Waals surface area contributed by atoms with Crippen molar-refractivity contribution in [2.24, 2.45) is 0 Å². The smallest absolute Gasteiger partial charge is 0.355 e. The van der Waals surface area contributed by atoms with Crippen molar-refractivity contribution in [3.8, 4) is 11.5 Å². The van der Waals surface area contributed by atoms with Gasteiger partial charge in [-0.05, 0) is 36.8 Å². The number of benzene rings is 1. The molecule has 5 aromatic rings. The van der Waals surface area contributed by atoms with Crippen LogP contribution in [0.25, 0.3) is 28.2 Å². The maximum Gasteiger partial charge on any atom is 0.355 e. The zero-order valence-corrected chi connectivity index (χ0v) is 22.0. The number of hydrogen-bond acceptors (Lipinski definition) is 9. The second-order valence-electron chi connectivity index (χ2n) is 9.60. The molecule has 1 saturated heterocycles. The van der Waals surface area contributed by atoms with Crippen LogP contribution in [0.4, 0.5) is 20.4 Å². The Bertz CT molecular complexity index is 1730. The van der Waals surface area contributed by atoms with E-state index >= 15 is 0 Å². The average Bonchev–Trinajstić information content (AvgIpc) is 3.52. The first-order valence-corrected chi connectivity index (χ1v) is 12.8. The van der Waals surface area contributed by atoms with E-state index < -0.39 is 17.6 Å². The minimum Gasteiger partial charge on any atom is -0.464 e. The fourth-order valence-electron chi connectivity index (χ4n) is 5.28. The molecule has 2 N–H and O–H groups in total. The lowest BCUT2D eigenvalue weighted by molar-refractivity contribution is 0.0587. The Labute approximate surface area is 227 Å². The van der Waals surface area contributed by atoms with E-state index in [1.54, 1.807) is 18.3 Å². The molecule has 0 spiro atoms. The van der Waals surface area contributed by atoms with Crippen LogP contribution >= 0.6 is 0 Å². The van der Waals surface area contributed by atoms with Gasteiger partial charge in [-0.2, -0.15) is 9.50 Å². The molecule has 11 nitrogen and oxygen atoms in total. The van der Waals surface area contributed by atoms with Gasteiger partial charge in [-0.25, -0.2) is 18.6 Å². The van der Waals surface area contributed by atoms with Crippen molar-refractivity contribution >= 4 is 34.3 Å². The Balaban J connectivity index is 1.31. The second kappa shape index (κ2) is 10.2. The van der Waals surface area contributed by atoms with Gasteiger partial charge in [0.15, 0.2) is 5.65 Å². The highest BCUT2D eigenvalue weighted by Gasteiger charge is 2.27. The molecule has 13 heteroatoms. The Kier molecular flexibility index (Phi) is 6.50. The summed E-state index contributed by atoms with van der Waals surface area (Å²) in [6, 6.07) is 9.10. The molecule has 0 saturated carbocycles. The summed E-state index contributed by atoms with van der Waals surface area (Å²) in [7, 11) is 1.34. The van der Waals surface area contributed by atoms with Crippen molar-refractivity contribution in [3.63, 3.8) is 0 Å². The number of pyridine rings is 1. The summed E-state index contributed by atoms with van der Waals surface area (Å²) in [6.45, 7) is 5.36. The third kappa shape index (κ3) is 4.37. The van der Waals surface area contributed by atoms with Crippen molar-refractivity contribution < 1.29 is 18.3 Å².